The standard InChI is InChI=1S/C16H14BrFN4O/c1-3-22-14-12(8-13(17)15(22)23)9(2)19-16(21-14)20-11-6-4-10(18)5-7-11/h4-8H,3H2,1-2H3,(H,19,20,21). The molecule has 2 aromatic heterocycles. The fourth-order valence-corrected chi connectivity index (χ4v) is 2.81. The molecule has 0 aliphatic carbocycles. The number of hydrogen-bond donors (Lipinski definition) is 1. The Kier molecular flexibility index (Phi) is 4.12. The van der Waals surface area contributed by atoms with E-state index in [0.29, 0.717) is 28.3 Å². The van der Waals surface area contributed by atoms with Gasteiger partial charge >= 0.3 is 0 Å². The van der Waals surface area contributed by atoms with Gasteiger partial charge in [-0.25, -0.2) is 9.37 Å². The second-order valence-electron chi connectivity index (χ2n) is 5.04. The van der Waals surface area contributed by atoms with Crippen molar-refractivity contribution in [3.63, 3.8) is 0 Å². The summed E-state index contributed by atoms with van der Waals surface area (Å²) in [6.45, 7) is 4.25. The van der Waals surface area contributed by atoms with Gasteiger partial charge in [-0.15, -0.1) is 0 Å². The number of hydrogen-bond acceptors (Lipinski definition) is 4. The van der Waals surface area contributed by atoms with Gasteiger partial charge < -0.3 is 5.32 Å². The molecule has 0 saturated heterocycles. The largest absolute Gasteiger partial charge is 0.324 e. The summed E-state index contributed by atoms with van der Waals surface area (Å²) in [6.07, 6.45) is 0. The monoisotopic (exact) mass is 376 g/mol. The lowest BCUT2D eigenvalue weighted by atomic mass is 10.2. The third-order valence-corrected chi connectivity index (χ3v) is 4.08. The Morgan fingerprint density at radius 2 is 1.96 bits per heavy atom. The number of anilines is 2. The first-order valence-electron chi connectivity index (χ1n) is 7.10. The molecule has 118 valence electrons. The van der Waals surface area contributed by atoms with Gasteiger partial charge in [0.2, 0.25) is 5.95 Å². The first kappa shape index (κ1) is 15.6. The molecule has 0 spiro atoms. The molecule has 0 unspecified atom stereocenters. The number of nitrogens with zero attached hydrogens (tertiary/aromatic N) is 3. The Labute approximate surface area is 140 Å². The molecular formula is C16H14BrFN4O. The van der Waals surface area contributed by atoms with Crippen molar-refractivity contribution in [2.75, 3.05) is 5.32 Å². The maximum atomic E-state index is 13.0. The van der Waals surface area contributed by atoms with Crippen LogP contribution in [0.1, 0.15) is 12.6 Å². The van der Waals surface area contributed by atoms with Gasteiger partial charge in [-0.05, 0) is 60.1 Å². The molecular weight excluding hydrogens is 363 g/mol. The summed E-state index contributed by atoms with van der Waals surface area (Å²) in [4.78, 5) is 21.1. The highest BCUT2D eigenvalue weighted by atomic mass is 79.9. The van der Waals surface area contributed by atoms with Crippen LogP contribution in [-0.2, 0) is 6.54 Å². The Morgan fingerprint density at radius 3 is 2.61 bits per heavy atom. The van der Waals surface area contributed by atoms with Crippen LogP contribution in [0.25, 0.3) is 11.0 Å². The van der Waals surface area contributed by atoms with Crippen molar-refractivity contribution in [3.05, 3.63) is 56.7 Å². The molecule has 0 atom stereocenters. The van der Waals surface area contributed by atoms with Crippen molar-refractivity contribution in [1.82, 2.24) is 14.5 Å². The molecule has 5 nitrogen and oxygen atoms in total. The number of benzene rings is 1. The first-order chi connectivity index (χ1) is 11.0. The minimum Gasteiger partial charge on any atom is -0.324 e. The molecule has 0 amide bonds. The molecule has 0 saturated carbocycles. The van der Waals surface area contributed by atoms with Gasteiger partial charge in [-0.1, -0.05) is 0 Å². The maximum absolute atomic E-state index is 13.0. The van der Waals surface area contributed by atoms with Crippen LogP contribution in [-0.4, -0.2) is 14.5 Å². The summed E-state index contributed by atoms with van der Waals surface area (Å²) in [7, 11) is 0. The lowest BCUT2D eigenvalue weighted by Gasteiger charge is -2.12. The predicted molar refractivity (Wildman–Crippen MR) is 91.6 cm³/mol. The van der Waals surface area contributed by atoms with Crippen molar-refractivity contribution >= 4 is 38.6 Å². The van der Waals surface area contributed by atoms with E-state index in [1.54, 1.807) is 22.8 Å². The Morgan fingerprint density at radius 1 is 1.26 bits per heavy atom. The van der Waals surface area contributed by atoms with Crippen LogP contribution in [0.5, 0.6) is 0 Å². The van der Waals surface area contributed by atoms with Gasteiger partial charge in [0.15, 0.2) is 0 Å². The van der Waals surface area contributed by atoms with Crippen molar-refractivity contribution in [2.24, 2.45) is 0 Å². The lowest BCUT2D eigenvalue weighted by Crippen LogP contribution is -2.21. The highest BCUT2D eigenvalue weighted by Gasteiger charge is 2.12. The van der Waals surface area contributed by atoms with E-state index in [9.17, 15) is 9.18 Å². The first-order valence-corrected chi connectivity index (χ1v) is 7.89. The quantitative estimate of drug-likeness (QED) is 0.755. The van der Waals surface area contributed by atoms with Crippen molar-refractivity contribution in [1.29, 1.82) is 0 Å². The number of rotatable bonds is 3. The van der Waals surface area contributed by atoms with E-state index >= 15 is 0 Å². The van der Waals surface area contributed by atoms with E-state index in [1.165, 1.54) is 12.1 Å². The van der Waals surface area contributed by atoms with Gasteiger partial charge in [-0.2, -0.15) is 4.98 Å². The third kappa shape index (κ3) is 2.96. The number of nitrogens with one attached hydrogen (secondary N) is 1. The van der Waals surface area contributed by atoms with E-state index in [-0.39, 0.29) is 11.4 Å². The molecule has 0 bridgehead atoms. The summed E-state index contributed by atoms with van der Waals surface area (Å²) in [6, 6.07) is 7.66. The molecule has 2 heterocycles. The van der Waals surface area contributed by atoms with Crippen LogP contribution >= 0.6 is 15.9 Å². The molecule has 0 aliphatic rings. The zero-order chi connectivity index (χ0) is 16.6. The van der Waals surface area contributed by atoms with Gasteiger partial charge in [-0.3, -0.25) is 9.36 Å². The fourth-order valence-electron chi connectivity index (χ4n) is 2.37. The topological polar surface area (TPSA) is 59.8 Å². The Balaban J connectivity index is 2.14. The number of fused-ring (bicyclic) bond motifs is 1. The number of aromatic nitrogens is 3. The summed E-state index contributed by atoms with van der Waals surface area (Å²) < 4.78 is 15.0. The van der Waals surface area contributed by atoms with Crippen LogP contribution in [0.2, 0.25) is 0 Å². The van der Waals surface area contributed by atoms with Gasteiger partial charge in [0.1, 0.15) is 11.5 Å². The molecule has 23 heavy (non-hydrogen) atoms. The van der Waals surface area contributed by atoms with Gasteiger partial charge in [0.25, 0.3) is 5.56 Å². The molecule has 0 aliphatic heterocycles. The van der Waals surface area contributed by atoms with E-state index in [1.807, 2.05) is 13.8 Å². The number of halogens is 2. The third-order valence-electron chi connectivity index (χ3n) is 3.51. The van der Waals surface area contributed by atoms with E-state index in [2.05, 4.69) is 31.2 Å². The van der Waals surface area contributed by atoms with Crippen LogP contribution in [0.3, 0.4) is 0 Å². The van der Waals surface area contributed by atoms with Crippen LogP contribution in [0.15, 0.2) is 39.6 Å². The smallest absolute Gasteiger partial charge is 0.266 e. The van der Waals surface area contributed by atoms with Crippen LogP contribution in [0.4, 0.5) is 16.0 Å². The van der Waals surface area contributed by atoms with Crippen LogP contribution < -0.4 is 10.9 Å². The highest BCUT2D eigenvalue weighted by Crippen LogP contribution is 2.21. The van der Waals surface area contributed by atoms with Gasteiger partial charge in [0, 0.05) is 17.6 Å². The van der Waals surface area contributed by atoms with Gasteiger partial charge in [0.05, 0.1) is 10.2 Å². The fraction of sp³-hybridized carbons (Fsp3) is 0.188. The molecule has 3 rings (SSSR count). The average Bonchev–Trinajstić information content (AvgIpc) is 2.52. The zero-order valence-electron chi connectivity index (χ0n) is 12.6. The second-order valence-corrected chi connectivity index (χ2v) is 5.90. The average molecular weight is 377 g/mol. The lowest BCUT2D eigenvalue weighted by molar-refractivity contribution is 0.628. The van der Waals surface area contributed by atoms with Crippen molar-refractivity contribution in [3.8, 4) is 0 Å². The highest BCUT2D eigenvalue weighted by molar-refractivity contribution is 9.10. The van der Waals surface area contributed by atoms with Crippen molar-refractivity contribution < 1.29 is 4.39 Å². The Hall–Kier alpha value is -2.28. The van der Waals surface area contributed by atoms with Crippen molar-refractivity contribution in [2.45, 2.75) is 20.4 Å². The molecule has 7 heteroatoms. The zero-order valence-corrected chi connectivity index (χ0v) is 14.2. The molecule has 1 aromatic carbocycles. The summed E-state index contributed by atoms with van der Waals surface area (Å²) in [5.41, 5.74) is 1.86. The van der Waals surface area contributed by atoms with Crippen LogP contribution in [0, 0.1) is 12.7 Å². The predicted octanol–water partition coefficient (Wildman–Crippen LogP) is 3.77. The minimum absolute atomic E-state index is 0.133. The minimum atomic E-state index is -0.309. The van der Waals surface area contributed by atoms with E-state index in [0.717, 1.165) is 11.1 Å². The molecule has 0 fully saturated rings. The summed E-state index contributed by atoms with van der Waals surface area (Å²) in [5, 5.41) is 3.84. The van der Waals surface area contributed by atoms with E-state index < -0.39 is 0 Å². The number of pyridine rings is 1. The SMILES string of the molecule is CCn1c(=O)c(Br)cc2c(C)nc(Nc3ccc(F)cc3)nc21. The normalized spacial score (nSPS) is 11.0. The number of aryl methyl sites for hydroxylation is 2. The summed E-state index contributed by atoms with van der Waals surface area (Å²) >= 11 is 3.28. The summed E-state index contributed by atoms with van der Waals surface area (Å²) in [5.74, 6) is 0.0568. The van der Waals surface area contributed by atoms with E-state index in [4.69, 9.17) is 0 Å². The Bertz CT molecular complexity index is 937. The maximum Gasteiger partial charge on any atom is 0.266 e. The second kappa shape index (κ2) is 6.08. The molecule has 1 N–H and O–H groups in total. The molecule has 3 aromatic rings. The molecule has 0 radical (unpaired) electrons.